The van der Waals surface area contributed by atoms with Crippen LogP contribution in [0.15, 0.2) is 36.4 Å². The zero-order chi connectivity index (χ0) is 12.2. The molecule has 1 aliphatic rings. The van der Waals surface area contributed by atoms with Gasteiger partial charge < -0.3 is 0 Å². The Kier molecular flexibility index (Phi) is 4.12. The second kappa shape index (κ2) is 5.99. The van der Waals surface area contributed by atoms with Gasteiger partial charge in [-0.05, 0) is 0 Å². The van der Waals surface area contributed by atoms with Crippen molar-refractivity contribution in [3.63, 3.8) is 0 Å². The van der Waals surface area contributed by atoms with E-state index >= 15 is 0 Å². The van der Waals surface area contributed by atoms with Gasteiger partial charge in [0.1, 0.15) is 0 Å². The van der Waals surface area contributed by atoms with E-state index in [1.54, 1.807) is 0 Å². The molecule has 0 unspecified atom stereocenters. The minimum atomic E-state index is 0.571. The Morgan fingerprint density at radius 1 is 0.611 bits per heavy atom. The molecule has 0 aromatic carbocycles. The van der Waals surface area contributed by atoms with Gasteiger partial charge in [-0.2, -0.15) is 0 Å². The summed E-state index contributed by atoms with van der Waals surface area (Å²) in [5.74, 6) is 0. The molecule has 0 spiro atoms. The molecule has 0 N–H and O–H groups in total. The van der Waals surface area contributed by atoms with Crippen molar-refractivity contribution >= 4 is 29.9 Å². The third-order valence-electron chi connectivity index (χ3n) is 2.73. The molecule has 18 heavy (non-hydrogen) atoms. The Hall–Kier alpha value is -0.661. The number of rotatable bonds is 0. The molecule has 2 aromatic heterocycles. The zero-order valence-corrected chi connectivity index (χ0v) is 13.4. The van der Waals surface area contributed by atoms with E-state index in [2.05, 4.69) is 36.4 Å². The average Bonchev–Trinajstić information content (AvgIpc) is 2.39. The summed E-state index contributed by atoms with van der Waals surface area (Å²) in [6, 6.07) is 13.0. The predicted molar refractivity (Wildman–Crippen MR) is 74.8 cm³/mol. The summed E-state index contributed by atoms with van der Waals surface area (Å²) < 4.78 is 0. The van der Waals surface area contributed by atoms with Gasteiger partial charge in [0.05, 0.1) is 0 Å². The fourth-order valence-corrected chi connectivity index (χ4v) is 5.43. The third-order valence-corrected chi connectivity index (χ3v) is 6.92. The van der Waals surface area contributed by atoms with E-state index in [1.165, 1.54) is 22.8 Å². The molecule has 0 saturated heterocycles. The van der Waals surface area contributed by atoms with Crippen molar-refractivity contribution in [2.75, 3.05) is 0 Å². The van der Waals surface area contributed by atoms with Gasteiger partial charge in [-0.15, -0.1) is 0 Å². The van der Waals surface area contributed by atoms with Crippen molar-refractivity contribution in [3.8, 4) is 0 Å². The monoisotopic (exact) mass is 370 g/mol. The van der Waals surface area contributed by atoms with Gasteiger partial charge in [-0.3, -0.25) is 0 Å². The Morgan fingerprint density at radius 2 is 0.944 bits per heavy atom. The number of hydrogen-bond donors (Lipinski definition) is 0. The summed E-state index contributed by atoms with van der Waals surface area (Å²) in [5.41, 5.74) is 5.06. The van der Waals surface area contributed by atoms with Gasteiger partial charge >= 0.3 is 120 Å². The SMILES string of the molecule is c1cc2nc(c1)C[Se]Cc1cccc(n1)C[Se]C2. The molecular formula is C14H14N2Se2. The van der Waals surface area contributed by atoms with Crippen LogP contribution in [0.4, 0.5) is 0 Å². The zero-order valence-electron chi connectivity index (χ0n) is 10.0. The normalized spacial score (nSPS) is 15.6. The first-order chi connectivity index (χ1) is 8.90. The van der Waals surface area contributed by atoms with Gasteiger partial charge in [0.25, 0.3) is 0 Å². The summed E-state index contributed by atoms with van der Waals surface area (Å²) in [6.07, 6.45) is 0. The Labute approximate surface area is 120 Å². The van der Waals surface area contributed by atoms with Crippen LogP contribution in [-0.4, -0.2) is 39.9 Å². The summed E-state index contributed by atoms with van der Waals surface area (Å²) in [4.78, 5) is 9.51. The molecule has 4 bridgehead atoms. The van der Waals surface area contributed by atoms with Gasteiger partial charge in [-0.25, -0.2) is 0 Å². The van der Waals surface area contributed by atoms with Crippen molar-refractivity contribution in [1.29, 1.82) is 0 Å². The van der Waals surface area contributed by atoms with Crippen LogP contribution in [0.3, 0.4) is 0 Å². The number of pyridine rings is 2. The van der Waals surface area contributed by atoms with E-state index < -0.39 is 0 Å². The fourth-order valence-electron chi connectivity index (χ4n) is 1.90. The van der Waals surface area contributed by atoms with E-state index in [1.807, 2.05) is 0 Å². The van der Waals surface area contributed by atoms with Crippen LogP contribution in [0.2, 0.25) is 0 Å². The molecule has 2 nitrogen and oxygen atoms in total. The first kappa shape index (κ1) is 12.4. The molecule has 0 radical (unpaired) electrons. The van der Waals surface area contributed by atoms with Crippen LogP contribution in [0, 0.1) is 0 Å². The fraction of sp³-hybridized carbons (Fsp3) is 0.286. The summed E-state index contributed by atoms with van der Waals surface area (Å²) >= 11 is 1.14. The van der Waals surface area contributed by atoms with E-state index in [0.29, 0.717) is 29.9 Å². The number of hydrogen-bond acceptors (Lipinski definition) is 2. The van der Waals surface area contributed by atoms with Crippen molar-refractivity contribution in [3.05, 3.63) is 59.2 Å². The predicted octanol–water partition coefficient (Wildman–Crippen LogP) is 1.60. The molecule has 4 heteroatoms. The molecule has 2 aromatic rings. The molecule has 0 amide bonds. The van der Waals surface area contributed by atoms with Crippen LogP contribution in [0.1, 0.15) is 22.8 Å². The standard InChI is InChI=1S/C14H14N2Se2/c1-3-11-7-17-9-13-5-2-6-14(16-13)10-18-8-12(4-1)15-11/h1-6H,7-10H2. The quantitative estimate of drug-likeness (QED) is 0.661. The average molecular weight is 368 g/mol. The van der Waals surface area contributed by atoms with Gasteiger partial charge in [0, 0.05) is 0 Å². The van der Waals surface area contributed by atoms with E-state index in [-0.39, 0.29) is 0 Å². The van der Waals surface area contributed by atoms with Crippen LogP contribution in [-0.2, 0) is 21.3 Å². The molecule has 92 valence electrons. The Morgan fingerprint density at radius 3 is 1.28 bits per heavy atom. The van der Waals surface area contributed by atoms with Crippen molar-refractivity contribution in [2.45, 2.75) is 21.3 Å². The Bertz CT molecular complexity index is 455. The maximum atomic E-state index is 4.75. The van der Waals surface area contributed by atoms with Crippen LogP contribution in [0.5, 0.6) is 0 Å². The molecule has 3 heterocycles. The number of nitrogens with zero attached hydrogens (tertiary/aromatic N) is 2. The molecule has 0 fully saturated rings. The number of fused-ring (bicyclic) bond motifs is 4. The molecule has 0 saturated carbocycles. The summed E-state index contributed by atoms with van der Waals surface area (Å²) in [5, 5.41) is 4.50. The van der Waals surface area contributed by atoms with E-state index in [0.717, 1.165) is 21.3 Å². The molecule has 1 aliphatic heterocycles. The molecule has 0 atom stereocenters. The topological polar surface area (TPSA) is 25.8 Å². The summed E-state index contributed by atoms with van der Waals surface area (Å²) in [6.45, 7) is 0. The molecule has 0 aliphatic carbocycles. The van der Waals surface area contributed by atoms with Crippen LogP contribution < -0.4 is 0 Å². The Balaban J connectivity index is 1.84. The van der Waals surface area contributed by atoms with Crippen LogP contribution >= 0.6 is 0 Å². The van der Waals surface area contributed by atoms with E-state index in [9.17, 15) is 0 Å². The molecule has 3 rings (SSSR count). The third kappa shape index (κ3) is 3.21. The van der Waals surface area contributed by atoms with Gasteiger partial charge in [0.2, 0.25) is 0 Å². The van der Waals surface area contributed by atoms with E-state index in [4.69, 9.17) is 9.97 Å². The first-order valence-corrected chi connectivity index (χ1v) is 10.8. The number of aromatic nitrogens is 2. The van der Waals surface area contributed by atoms with Crippen molar-refractivity contribution in [1.82, 2.24) is 9.97 Å². The van der Waals surface area contributed by atoms with Gasteiger partial charge in [0.15, 0.2) is 0 Å². The second-order valence-electron chi connectivity index (χ2n) is 4.23. The van der Waals surface area contributed by atoms with Gasteiger partial charge in [-0.1, -0.05) is 0 Å². The minimum absolute atomic E-state index is 0.571. The van der Waals surface area contributed by atoms with Crippen molar-refractivity contribution in [2.24, 2.45) is 0 Å². The maximum absolute atomic E-state index is 4.75. The van der Waals surface area contributed by atoms with Crippen LogP contribution in [0.25, 0.3) is 0 Å². The van der Waals surface area contributed by atoms with Crippen molar-refractivity contribution < 1.29 is 0 Å². The second-order valence-corrected chi connectivity index (χ2v) is 8.36. The summed E-state index contributed by atoms with van der Waals surface area (Å²) in [7, 11) is 0. The first-order valence-electron chi connectivity index (χ1n) is 5.95. The molecular weight excluding hydrogens is 354 g/mol.